The van der Waals surface area contributed by atoms with Gasteiger partial charge in [-0.1, -0.05) is 89.2 Å². The summed E-state index contributed by atoms with van der Waals surface area (Å²) in [6.45, 7) is 2.86. The first-order chi connectivity index (χ1) is 21.3. The number of H-pyrrole nitrogens is 1. The SMILES string of the molecule is CCC(=O)[C@H](CCN)CCCCNC(=O)CCCS(=O)(=O)CC(=O)CCCCCCCCCCCCCCCc1nn[nH]n1. The van der Waals surface area contributed by atoms with Gasteiger partial charge in [0.15, 0.2) is 15.7 Å². The number of rotatable bonds is 31. The molecule has 1 atom stereocenters. The second-order valence-electron chi connectivity index (χ2n) is 12.1. The summed E-state index contributed by atoms with van der Waals surface area (Å²) in [7, 11) is -3.49. The first-order valence-corrected chi connectivity index (χ1v) is 19.0. The maximum absolute atomic E-state index is 12.3. The minimum absolute atomic E-state index is 0.00114. The molecule has 0 radical (unpaired) electrons. The lowest BCUT2D eigenvalue weighted by Gasteiger charge is -2.13. The first-order valence-electron chi connectivity index (χ1n) is 17.2. The minimum Gasteiger partial charge on any atom is -0.356 e. The normalized spacial score (nSPS) is 12.3. The first kappa shape index (κ1) is 39.8. The summed E-state index contributed by atoms with van der Waals surface area (Å²) in [6.07, 6.45) is 20.3. The highest BCUT2D eigenvalue weighted by atomic mass is 32.2. The summed E-state index contributed by atoms with van der Waals surface area (Å²) in [6, 6.07) is 0. The number of aryl methyl sites for hydroxylation is 1. The number of ketones is 2. The number of nitrogens with one attached hydrogen (secondary N) is 2. The highest BCUT2D eigenvalue weighted by molar-refractivity contribution is 7.92. The molecule has 1 aromatic rings. The predicted molar refractivity (Wildman–Crippen MR) is 175 cm³/mol. The molecular weight excluding hydrogens is 580 g/mol. The number of tetrazole rings is 1. The molecule has 0 saturated heterocycles. The Morgan fingerprint density at radius 3 is 1.98 bits per heavy atom. The van der Waals surface area contributed by atoms with Gasteiger partial charge in [0.25, 0.3) is 0 Å². The van der Waals surface area contributed by atoms with Crippen molar-refractivity contribution in [2.45, 2.75) is 148 Å². The van der Waals surface area contributed by atoms with E-state index in [-0.39, 0.29) is 42.0 Å². The third-order valence-electron chi connectivity index (χ3n) is 8.11. The van der Waals surface area contributed by atoms with Gasteiger partial charge in [-0.3, -0.25) is 14.4 Å². The van der Waals surface area contributed by atoms with Gasteiger partial charge >= 0.3 is 0 Å². The topological polar surface area (TPSA) is 178 Å². The number of amides is 1. The van der Waals surface area contributed by atoms with Gasteiger partial charge in [-0.2, -0.15) is 5.21 Å². The molecule has 1 rings (SSSR count). The molecule has 0 aliphatic rings. The van der Waals surface area contributed by atoms with Gasteiger partial charge in [-0.25, -0.2) is 8.42 Å². The number of carbonyl (C=O) groups is 3. The lowest BCUT2D eigenvalue weighted by atomic mass is 9.92. The van der Waals surface area contributed by atoms with E-state index in [1.165, 1.54) is 51.4 Å². The molecule has 1 heterocycles. The van der Waals surface area contributed by atoms with Crippen LogP contribution in [0.4, 0.5) is 0 Å². The number of nitrogens with zero attached hydrogens (tertiary/aromatic N) is 3. The number of aromatic nitrogens is 4. The van der Waals surface area contributed by atoms with E-state index in [0.717, 1.165) is 63.6 Å². The molecule has 11 nitrogen and oxygen atoms in total. The van der Waals surface area contributed by atoms with Crippen LogP contribution in [0.2, 0.25) is 0 Å². The smallest absolute Gasteiger partial charge is 0.220 e. The van der Waals surface area contributed by atoms with Crippen LogP contribution in [0.25, 0.3) is 0 Å². The zero-order valence-corrected chi connectivity index (χ0v) is 28.1. The van der Waals surface area contributed by atoms with Crippen LogP contribution in [0.1, 0.15) is 148 Å². The second kappa shape index (κ2) is 26.1. The van der Waals surface area contributed by atoms with E-state index in [0.29, 0.717) is 32.4 Å². The Bertz CT molecular complexity index is 987. The Kier molecular flexibility index (Phi) is 23.6. The Morgan fingerprint density at radius 1 is 0.795 bits per heavy atom. The molecule has 0 saturated carbocycles. The van der Waals surface area contributed by atoms with E-state index < -0.39 is 15.6 Å². The second-order valence-corrected chi connectivity index (χ2v) is 14.3. The van der Waals surface area contributed by atoms with Crippen LogP contribution < -0.4 is 11.1 Å². The van der Waals surface area contributed by atoms with Crippen molar-refractivity contribution < 1.29 is 22.8 Å². The van der Waals surface area contributed by atoms with Crippen molar-refractivity contribution >= 4 is 27.3 Å². The van der Waals surface area contributed by atoms with Crippen LogP contribution >= 0.6 is 0 Å². The summed E-state index contributed by atoms with van der Waals surface area (Å²) < 4.78 is 24.6. The van der Waals surface area contributed by atoms with Gasteiger partial charge in [0.05, 0.1) is 5.75 Å². The molecule has 12 heteroatoms. The number of nitrogens with two attached hydrogens (primary N) is 1. The fourth-order valence-corrected chi connectivity index (χ4v) is 6.83. The number of unbranched alkanes of at least 4 members (excludes halogenated alkanes) is 13. The van der Waals surface area contributed by atoms with Crippen molar-refractivity contribution in [3.8, 4) is 0 Å². The lowest BCUT2D eigenvalue weighted by molar-refractivity contribution is -0.123. The van der Waals surface area contributed by atoms with E-state index in [9.17, 15) is 22.8 Å². The van der Waals surface area contributed by atoms with E-state index in [2.05, 4.69) is 25.9 Å². The molecule has 0 spiro atoms. The molecule has 44 heavy (non-hydrogen) atoms. The quantitative estimate of drug-likeness (QED) is 0.0920. The molecule has 1 aromatic heterocycles. The van der Waals surface area contributed by atoms with Gasteiger partial charge in [-0.15, -0.1) is 10.2 Å². The molecule has 0 bridgehead atoms. The monoisotopic (exact) mass is 640 g/mol. The number of hydrogen-bond acceptors (Lipinski definition) is 9. The standard InChI is InChI=1S/C32H60N6O5S/c1-2-30(40)28(23-24-33)19-16-17-25-34-32(41)22-18-26-44(42,43)27-29(39)20-14-12-10-8-6-4-3-5-7-9-11-13-15-21-31-35-37-38-36-31/h28H,2-27,33H2,1H3,(H,34,41)(H,35,36,37,38)/t28-/m0/s1. The molecular formula is C32H60N6O5S. The molecule has 0 aliphatic carbocycles. The number of hydrogen-bond donors (Lipinski definition) is 3. The van der Waals surface area contributed by atoms with Gasteiger partial charge in [0.2, 0.25) is 5.91 Å². The summed E-state index contributed by atoms with van der Waals surface area (Å²) in [4.78, 5) is 36.2. The third-order valence-corrected chi connectivity index (χ3v) is 9.78. The van der Waals surface area contributed by atoms with Gasteiger partial charge in [0.1, 0.15) is 17.3 Å². The van der Waals surface area contributed by atoms with Crippen molar-refractivity contribution in [2.75, 3.05) is 24.6 Å². The van der Waals surface area contributed by atoms with E-state index >= 15 is 0 Å². The van der Waals surface area contributed by atoms with Gasteiger partial charge < -0.3 is 11.1 Å². The Hall–Kier alpha value is -2.21. The molecule has 4 N–H and O–H groups in total. The molecule has 0 unspecified atom stereocenters. The van der Waals surface area contributed by atoms with Crippen molar-refractivity contribution in [3.05, 3.63) is 5.82 Å². The largest absolute Gasteiger partial charge is 0.356 e. The maximum Gasteiger partial charge on any atom is 0.220 e. The number of carbonyl (C=O) groups excluding carboxylic acids is 3. The minimum atomic E-state index is -3.49. The number of sulfone groups is 1. The highest BCUT2D eigenvalue weighted by Gasteiger charge is 2.17. The van der Waals surface area contributed by atoms with Crippen molar-refractivity contribution in [3.63, 3.8) is 0 Å². The Balaban J connectivity index is 1.92. The number of aromatic amines is 1. The van der Waals surface area contributed by atoms with Crippen LogP contribution in [-0.4, -0.2) is 71.1 Å². The van der Waals surface area contributed by atoms with Crippen LogP contribution in [0.3, 0.4) is 0 Å². The van der Waals surface area contributed by atoms with E-state index in [1.807, 2.05) is 6.92 Å². The summed E-state index contributed by atoms with van der Waals surface area (Å²) >= 11 is 0. The van der Waals surface area contributed by atoms with Crippen LogP contribution in [-0.2, 0) is 30.6 Å². The maximum atomic E-state index is 12.3. The van der Waals surface area contributed by atoms with Gasteiger partial charge in [0, 0.05) is 38.1 Å². The average molecular weight is 641 g/mol. The fraction of sp³-hybridized carbons (Fsp3) is 0.875. The summed E-state index contributed by atoms with van der Waals surface area (Å²) in [5, 5.41) is 16.8. The molecule has 0 fully saturated rings. The average Bonchev–Trinajstić information content (AvgIpc) is 3.51. The van der Waals surface area contributed by atoms with Crippen molar-refractivity contribution in [2.24, 2.45) is 11.7 Å². The number of Topliss-reactive ketones (excluding diaryl/α,β-unsaturated/α-hetero) is 2. The fourth-order valence-electron chi connectivity index (χ4n) is 5.47. The van der Waals surface area contributed by atoms with Crippen molar-refractivity contribution in [1.82, 2.24) is 25.9 Å². The highest BCUT2D eigenvalue weighted by Crippen LogP contribution is 2.16. The zero-order valence-electron chi connectivity index (χ0n) is 27.3. The van der Waals surface area contributed by atoms with Crippen LogP contribution in [0, 0.1) is 5.92 Å². The molecule has 254 valence electrons. The summed E-state index contributed by atoms with van der Waals surface area (Å²) in [5.74, 6) is 0.0683. The van der Waals surface area contributed by atoms with Crippen LogP contribution in [0.5, 0.6) is 0 Å². The molecule has 1 amide bonds. The predicted octanol–water partition coefficient (Wildman–Crippen LogP) is 5.20. The summed E-state index contributed by atoms with van der Waals surface area (Å²) in [5.41, 5.74) is 5.60. The van der Waals surface area contributed by atoms with E-state index in [1.54, 1.807) is 0 Å². The third kappa shape index (κ3) is 22.3. The Labute approximate surface area is 266 Å². The Morgan fingerprint density at radius 2 is 1.41 bits per heavy atom. The van der Waals surface area contributed by atoms with Gasteiger partial charge in [-0.05, 0) is 45.1 Å². The zero-order chi connectivity index (χ0) is 32.3. The molecule has 0 aromatic carbocycles. The van der Waals surface area contributed by atoms with Crippen molar-refractivity contribution in [1.29, 1.82) is 0 Å². The lowest BCUT2D eigenvalue weighted by Crippen LogP contribution is -2.26. The van der Waals surface area contributed by atoms with E-state index in [4.69, 9.17) is 5.73 Å². The molecule has 0 aliphatic heterocycles. The van der Waals surface area contributed by atoms with Crippen LogP contribution in [0.15, 0.2) is 0 Å².